The summed E-state index contributed by atoms with van der Waals surface area (Å²) in [5.41, 5.74) is 0.808. The molecule has 1 unspecified atom stereocenters. The fourth-order valence-electron chi connectivity index (χ4n) is 2.21. The van der Waals surface area contributed by atoms with Crippen LogP contribution in [-0.2, 0) is 11.3 Å². The number of carbonyl (C=O) groups excluding carboxylic acids is 1. The van der Waals surface area contributed by atoms with Crippen LogP contribution in [0.5, 0.6) is 11.6 Å². The van der Waals surface area contributed by atoms with Gasteiger partial charge in [0.15, 0.2) is 0 Å². The van der Waals surface area contributed by atoms with E-state index in [9.17, 15) is 4.79 Å². The van der Waals surface area contributed by atoms with Crippen molar-refractivity contribution in [2.75, 3.05) is 0 Å². The van der Waals surface area contributed by atoms with Gasteiger partial charge >= 0.3 is 0 Å². The van der Waals surface area contributed by atoms with Crippen LogP contribution in [0.15, 0.2) is 67.1 Å². The van der Waals surface area contributed by atoms with Crippen LogP contribution in [0.25, 0.3) is 0 Å². The van der Waals surface area contributed by atoms with Gasteiger partial charge in [-0.1, -0.05) is 24.3 Å². The predicted octanol–water partition coefficient (Wildman–Crippen LogP) is 2.95. The molecule has 0 aliphatic heterocycles. The molecule has 0 spiro atoms. The first-order chi connectivity index (χ1) is 11.7. The highest BCUT2D eigenvalue weighted by Crippen LogP contribution is 2.22. The lowest BCUT2D eigenvalue weighted by Gasteiger charge is -2.14. The molecule has 1 amide bonds. The number of nitrogens with one attached hydrogen (secondary N) is 1. The van der Waals surface area contributed by atoms with Gasteiger partial charge < -0.3 is 10.1 Å². The molecule has 2 heterocycles. The molecule has 0 saturated heterocycles. The number of para-hydroxylation sites is 1. The third-order valence-corrected chi connectivity index (χ3v) is 3.56. The van der Waals surface area contributed by atoms with Crippen LogP contribution in [0, 0.1) is 0 Å². The van der Waals surface area contributed by atoms with E-state index in [1.807, 2.05) is 42.5 Å². The van der Waals surface area contributed by atoms with Crippen molar-refractivity contribution in [3.8, 4) is 11.6 Å². The fourth-order valence-corrected chi connectivity index (χ4v) is 2.21. The molecule has 1 aromatic carbocycles. The van der Waals surface area contributed by atoms with Gasteiger partial charge in [0.05, 0.1) is 0 Å². The molecule has 6 heteroatoms. The summed E-state index contributed by atoms with van der Waals surface area (Å²) in [6, 6.07) is 14.5. The van der Waals surface area contributed by atoms with Crippen molar-refractivity contribution < 1.29 is 9.53 Å². The maximum absolute atomic E-state index is 12.3. The molecule has 2 aromatic heterocycles. The molecular weight excluding hydrogens is 304 g/mol. The van der Waals surface area contributed by atoms with Gasteiger partial charge in [-0.15, -0.1) is 0 Å². The van der Waals surface area contributed by atoms with Crippen molar-refractivity contribution in [2.24, 2.45) is 0 Å². The molecule has 0 bridgehead atoms. The molecule has 0 aliphatic carbocycles. The topological polar surface area (TPSA) is 69.0 Å². The lowest BCUT2D eigenvalue weighted by atomic mass is 10.2. The Morgan fingerprint density at radius 1 is 1.17 bits per heavy atom. The first kappa shape index (κ1) is 15.7. The quantitative estimate of drug-likeness (QED) is 0.757. The second-order valence-corrected chi connectivity index (χ2v) is 5.26. The third kappa shape index (κ3) is 3.78. The summed E-state index contributed by atoms with van der Waals surface area (Å²) in [6.07, 6.45) is 5.07. The molecular formula is C18H18N4O2. The van der Waals surface area contributed by atoms with E-state index in [4.69, 9.17) is 4.74 Å². The van der Waals surface area contributed by atoms with Crippen LogP contribution < -0.4 is 10.1 Å². The van der Waals surface area contributed by atoms with Gasteiger partial charge in [-0.2, -0.15) is 5.10 Å². The Labute approximate surface area is 140 Å². The van der Waals surface area contributed by atoms with Gasteiger partial charge in [0.25, 0.3) is 0 Å². The summed E-state index contributed by atoms with van der Waals surface area (Å²) >= 11 is 0. The molecule has 0 radical (unpaired) electrons. The first-order valence-corrected chi connectivity index (χ1v) is 7.67. The van der Waals surface area contributed by atoms with Crippen LogP contribution in [0.4, 0.5) is 0 Å². The summed E-state index contributed by atoms with van der Waals surface area (Å²) < 4.78 is 7.41. The molecule has 24 heavy (non-hydrogen) atoms. The summed E-state index contributed by atoms with van der Waals surface area (Å²) in [7, 11) is 0. The minimum Gasteiger partial charge on any atom is -0.439 e. The maximum Gasteiger partial charge on any atom is 0.244 e. The van der Waals surface area contributed by atoms with Gasteiger partial charge in [0, 0.05) is 30.7 Å². The minimum atomic E-state index is -0.379. The normalized spacial score (nSPS) is 11.7. The molecule has 3 aromatic rings. The van der Waals surface area contributed by atoms with Gasteiger partial charge in [0.2, 0.25) is 11.8 Å². The number of benzene rings is 1. The zero-order valence-corrected chi connectivity index (χ0v) is 13.3. The summed E-state index contributed by atoms with van der Waals surface area (Å²) in [6.45, 7) is 2.13. The van der Waals surface area contributed by atoms with Crippen LogP contribution in [-0.4, -0.2) is 20.7 Å². The number of nitrogens with zero attached hydrogens (tertiary/aromatic N) is 3. The number of rotatable bonds is 6. The van der Waals surface area contributed by atoms with E-state index in [0.717, 1.165) is 5.56 Å². The Bertz CT molecular complexity index is 788. The molecule has 0 fully saturated rings. The first-order valence-electron chi connectivity index (χ1n) is 7.67. The van der Waals surface area contributed by atoms with Gasteiger partial charge in [0.1, 0.15) is 11.8 Å². The van der Waals surface area contributed by atoms with Crippen molar-refractivity contribution in [2.45, 2.75) is 19.5 Å². The van der Waals surface area contributed by atoms with E-state index in [1.54, 1.807) is 36.3 Å². The third-order valence-electron chi connectivity index (χ3n) is 3.56. The number of carbonyl (C=O) groups is 1. The number of pyridine rings is 1. The fraction of sp³-hybridized carbons (Fsp3) is 0.167. The molecule has 0 aliphatic rings. The monoisotopic (exact) mass is 322 g/mol. The van der Waals surface area contributed by atoms with Crippen molar-refractivity contribution in [1.29, 1.82) is 0 Å². The number of ether oxygens (including phenoxy) is 1. The number of hydrogen-bond acceptors (Lipinski definition) is 4. The second kappa shape index (κ2) is 7.41. The molecule has 0 saturated carbocycles. The Balaban J connectivity index is 1.66. The largest absolute Gasteiger partial charge is 0.439 e. The zero-order chi connectivity index (χ0) is 16.8. The maximum atomic E-state index is 12.3. The molecule has 6 nitrogen and oxygen atoms in total. The average molecular weight is 322 g/mol. The Morgan fingerprint density at radius 3 is 2.75 bits per heavy atom. The number of hydrogen-bond donors (Lipinski definition) is 1. The summed E-state index contributed by atoms with van der Waals surface area (Å²) in [4.78, 5) is 16.5. The Hall–Kier alpha value is -3.15. The predicted molar refractivity (Wildman–Crippen MR) is 89.5 cm³/mol. The zero-order valence-electron chi connectivity index (χ0n) is 13.3. The minimum absolute atomic E-state index is 0.117. The van der Waals surface area contributed by atoms with Crippen molar-refractivity contribution >= 4 is 5.91 Å². The van der Waals surface area contributed by atoms with Gasteiger partial charge in [-0.25, -0.2) is 4.98 Å². The lowest BCUT2D eigenvalue weighted by Crippen LogP contribution is -2.31. The molecule has 1 N–H and O–H groups in total. The molecule has 3 rings (SSSR count). The van der Waals surface area contributed by atoms with Gasteiger partial charge in [-0.05, 0) is 31.2 Å². The number of amides is 1. The molecule has 1 atom stereocenters. The second-order valence-electron chi connectivity index (χ2n) is 5.26. The highest BCUT2D eigenvalue weighted by Gasteiger charge is 2.15. The van der Waals surface area contributed by atoms with Crippen LogP contribution in [0.2, 0.25) is 0 Å². The summed E-state index contributed by atoms with van der Waals surface area (Å²) in [5.74, 6) is 1.07. The van der Waals surface area contributed by atoms with Crippen LogP contribution in [0.1, 0.15) is 18.5 Å². The average Bonchev–Trinajstić information content (AvgIpc) is 3.15. The Kier molecular flexibility index (Phi) is 4.86. The SMILES string of the molecule is CC(C(=O)NCc1cccnc1Oc1ccccc1)n1cccn1. The van der Waals surface area contributed by atoms with E-state index in [1.165, 1.54) is 0 Å². The van der Waals surface area contributed by atoms with Crippen molar-refractivity contribution in [3.05, 3.63) is 72.7 Å². The van der Waals surface area contributed by atoms with Gasteiger partial charge in [-0.3, -0.25) is 9.48 Å². The van der Waals surface area contributed by atoms with E-state index >= 15 is 0 Å². The van der Waals surface area contributed by atoms with Crippen LogP contribution >= 0.6 is 0 Å². The standard InChI is InChI=1S/C18H18N4O2/c1-14(22-12-6-11-21-22)17(23)20-13-15-7-5-10-19-18(15)24-16-8-3-2-4-9-16/h2-12,14H,13H2,1H3,(H,20,23). The summed E-state index contributed by atoms with van der Waals surface area (Å²) in [5, 5.41) is 6.98. The lowest BCUT2D eigenvalue weighted by molar-refractivity contribution is -0.124. The number of aromatic nitrogens is 3. The van der Waals surface area contributed by atoms with E-state index in [0.29, 0.717) is 18.2 Å². The van der Waals surface area contributed by atoms with Crippen molar-refractivity contribution in [3.63, 3.8) is 0 Å². The molecule has 122 valence electrons. The van der Waals surface area contributed by atoms with E-state index in [-0.39, 0.29) is 11.9 Å². The van der Waals surface area contributed by atoms with E-state index in [2.05, 4.69) is 15.4 Å². The smallest absolute Gasteiger partial charge is 0.244 e. The van der Waals surface area contributed by atoms with Crippen molar-refractivity contribution in [1.82, 2.24) is 20.1 Å². The highest BCUT2D eigenvalue weighted by molar-refractivity contribution is 5.79. The Morgan fingerprint density at radius 2 is 2.00 bits per heavy atom. The highest BCUT2D eigenvalue weighted by atomic mass is 16.5. The van der Waals surface area contributed by atoms with E-state index < -0.39 is 0 Å². The van der Waals surface area contributed by atoms with Crippen LogP contribution in [0.3, 0.4) is 0 Å².